The van der Waals surface area contributed by atoms with Crippen LogP contribution in [0.25, 0.3) is 0 Å². The highest BCUT2D eigenvalue weighted by atomic mass is 35.5. The van der Waals surface area contributed by atoms with E-state index in [0.717, 1.165) is 13.1 Å². The summed E-state index contributed by atoms with van der Waals surface area (Å²) in [5.41, 5.74) is 0. The topological polar surface area (TPSA) is 41.9 Å². The Hall–Kier alpha value is -0.810. The minimum absolute atomic E-state index is 0.204. The first kappa shape index (κ1) is 15.6. The maximum Gasteiger partial charge on any atom is 0.138 e. The summed E-state index contributed by atoms with van der Waals surface area (Å²) in [6.45, 7) is 6.61. The molecule has 1 N–H and O–H groups in total. The van der Waals surface area contributed by atoms with Gasteiger partial charge in [-0.25, -0.2) is 0 Å². The first-order chi connectivity index (χ1) is 9.54. The number of aliphatic hydroxyl groups excluding tert-OH is 1. The summed E-state index contributed by atoms with van der Waals surface area (Å²) in [7, 11) is 0. The van der Waals surface area contributed by atoms with Crippen LogP contribution in [0.3, 0.4) is 0 Å². The molecule has 1 heterocycles. The van der Waals surface area contributed by atoms with Crippen molar-refractivity contribution < 1.29 is 14.6 Å². The third-order valence-corrected chi connectivity index (χ3v) is 3.54. The smallest absolute Gasteiger partial charge is 0.138 e. The van der Waals surface area contributed by atoms with Gasteiger partial charge >= 0.3 is 0 Å². The number of hydrogen-bond acceptors (Lipinski definition) is 4. The third kappa shape index (κ3) is 4.63. The predicted octanol–water partition coefficient (Wildman–Crippen LogP) is 2.19. The second-order valence-corrected chi connectivity index (χ2v) is 5.78. The Kier molecular flexibility index (Phi) is 5.66. The van der Waals surface area contributed by atoms with Gasteiger partial charge in [0.2, 0.25) is 0 Å². The van der Waals surface area contributed by atoms with Crippen LogP contribution in [0.15, 0.2) is 24.3 Å². The van der Waals surface area contributed by atoms with Crippen molar-refractivity contribution in [1.82, 2.24) is 4.90 Å². The number of nitrogens with zero attached hydrogens (tertiary/aromatic N) is 1. The monoisotopic (exact) mass is 299 g/mol. The molecule has 0 aliphatic carbocycles. The molecule has 3 atom stereocenters. The Morgan fingerprint density at radius 3 is 2.65 bits per heavy atom. The van der Waals surface area contributed by atoms with Crippen molar-refractivity contribution in [1.29, 1.82) is 0 Å². The van der Waals surface area contributed by atoms with E-state index in [2.05, 4.69) is 18.7 Å². The lowest BCUT2D eigenvalue weighted by Gasteiger charge is -2.36. The van der Waals surface area contributed by atoms with Crippen molar-refractivity contribution in [2.24, 2.45) is 0 Å². The highest BCUT2D eigenvalue weighted by Crippen LogP contribution is 2.23. The summed E-state index contributed by atoms with van der Waals surface area (Å²) in [4.78, 5) is 2.21. The number of para-hydroxylation sites is 1. The van der Waals surface area contributed by atoms with Crippen LogP contribution >= 0.6 is 11.6 Å². The molecule has 4 nitrogen and oxygen atoms in total. The van der Waals surface area contributed by atoms with E-state index in [9.17, 15) is 5.11 Å². The molecule has 112 valence electrons. The number of aliphatic hydroxyl groups is 1. The van der Waals surface area contributed by atoms with Crippen LogP contribution in [-0.4, -0.2) is 54.6 Å². The zero-order valence-electron chi connectivity index (χ0n) is 12.0. The van der Waals surface area contributed by atoms with Gasteiger partial charge in [-0.1, -0.05) is 23.7 Å². The van der Waals surface area contributed by atoms with Crippen LogP contribution in [0, 0.1) is 0 Å². The number of halogens is 1. The van der Waals surface area contributed by atoms with Gasteiger partial charge in [0.25, 0.3) is 0 Å². The van der Waals surface area contributed by atoms with Crippen molar-refractivity contribution in [3.63, 3.8) is 0 Å². The normalized spacial score (nSPS) is 25.4. The molecule has 0 saturated carbocycles. The zero-order valence-corrected chi connectivity index (χ0v) is 12.7. The molecule has 0 amide bonds. The standard InChI is InChI=1S/C15H22ClNO3/c1-11-7-17(8-12(2)20-11)9-13(18)10-19-15-6-4-3-5-14(15)16/h3-6,11-13,18H,7-10H2,1-2H3/t11-,12-,13+/m1/s1. The Labute approximate surface area is 125 Å². The maximum atomic E-state index is 10.1. The largest absolute Gasteiger partial charge is 0.489 e. The lowest BCUT2D eigenvalue weighted by atomic mass is 10.2. The zero-order chi connectivity index (χ0) is 14.5. The van der Waals surface area contributed by atoms with Crippen molar-refractivity contribution in [3.8, 4) is 5.75 Å². The molecule has 1 aliphatic rings. The summed E-state index contributed by atoms with van der Waals surface area (Å²) >= 11 is 6.00. The Bertz CT molecular complexity index is 419. The summed E-state index contributed by atoms with van der Waals surface area (Å²) in [6.07, 6.45) is -0.130. The second-order valence-electron chi connectivity index (χ2n) is 5.37. The molecule has 0 spiro atoms. The minimum atomic E-state index is -0.538. The van der Waals surface area contributed by atoms with Crippen LogP contribution < -0.4 is 4.74 Å². The van der Waals surface area contributed by atoms with E-state index in [4.69, 9.17) is 21.1 Å². The van der Waals surface area contributed by atoms with E-state index >= 15 is 0 Å². The summed E-state index contributed by atoms with van der Waals surface area (Å²) in [5.74, 6) is 0.608. The van der Waals surface area contributed by atoms with Crippen molar-refractivity contribution >= 4 is 11.6 Å². The Morgan fingerprint density at radius 2 is 2.00 bits per heavy atom. The number of β-amino-alcohol motifs (C(OH)–C–C–N with tert-alkyl or cyclic N) is 1. The van der Waals surface area contributed by atoms with Crippen LogP contribution in [0.4, 0.5) is 0 Å². The Morgan fingerprint density at radius 1 is 1.35 bits per heavy atom. The molecule has 1 aliphatic heterocycles. The third-order valence-electron chi connectivity index (χ3n) is 3.23. The lowest BCUT2D eigenvalue weighted by Crippen LogP contribution is -2.48. The molecule has 1 aromatic rings. The highest BCUT2D eigenvalue weighted by Gasteiger charge is 2.23. The van der Waals surface area contributed by atoms with Crippen LogP contribution in [0.2, 0.25) is 5.02 Å². The lowest BCUT2D eigenvalue weighted by molar-refractivity contribution is -0.0786. The van der Waals surface area contributed by atoms with Gasteiger partial charge in [-0.15, -0.1) is 0 Å². The van der Waals surface area contributed by atoms with E-state index in [1.807, 2.05) is 12.1 Å². The van der Waals surface area contributed by atoms with Crippen LogP contribution in [0.5, 0.6) is 5.75 Å². The van der Waals surface area contributed by atoms with Gasteiger partial charge < -0.3 is 14.6 Å². The molecule has 1 aromatic carbocycles. The van der Waals surface area contributed by atoms with Gasteiger partial charge in [0.15, 0.2) is 0 Å². The van der Waals surface area contributed by atoms with Crippen LogP contribution in [0.1, 0.15) is 13.8 Å². The van der Waals surface area contributed by atoms with Gasteiger partial charge in [0.05, 0.1) is 17.2 Å². The fourth-order valence-corrected chi connectivity index (χ4v) is 2.72. The molecule has 20 heavy (non-hydrogen) atoms. The van der Waals surface area contributed by atoms with E-state index in [0.29, 0.717) is 17.3 Å². The van der Waals surface area contributed by atoms with E-state index in [1.165, 1.54) is 0 Å². The number of hydrogen-bond donors (Lipinski definition) is 1. The molecule has 0 unspecified atom stereocenters. The molecule has 0 aromatic heterocycles. The fraction of sp³-hybridized carbons (Fsp3) is 0.600. The van der Waals surface area contributed by atoms with Gasteiger partial charge in [-0.3, -0.25) is 4.90 Å². The van der Waals surface area contributed by atoms with Crippen LogP contribution in [-0.2, 0) is 4.74 Å². The fourth-order valence-electron chi connectivity index (χ4n) is 2.53. The molecule has 1 saturated heterocycles. The van der Waals surface area contributed by atoms with E-state index in [1.54, 1.807) is 12.1 Å². The average molecular weight is 300 g/mol. The Balaban J connectivity index is 1.78. The summed E-state index contributed by atoms with van der Waals surface area (Å²) < 4.78 is 11.2. The number of morpholine rings is 1. The average Bonchev–Trinajstić information content (AvgIpc) is 2.36. The number of ether oxygens (including phenoxy) is 2. The molecular weight excluding hydrogens is 278 g/mol. The van der Waals surface area contributed by atoms with Gasteiger partial charge in [0, 0.05) is 19.6 Å². The highest BCUT2D eigenvalue weighted by molar-refractivity contribution is 6.32. The van der Waals surface area contributed by atoms with E-state index in [-0.39, 0.29) is 18.8 Å². The minimum Gasteiger partial charge on any atom is -0.489 e. The quantitative estimate of drug-likeness (QED) is 0.905. The molecule has 0 radical (unpaired) electrons. The van der Waals surface area contributed by atoms with Crippen molar-refractivity contribution in [2.75, 3.05) is 26.2 Å². The first-order valence-electron chi connectivity index (χ1n) is 6.98. The number of benzene rings is 1. The summed E-state index contributed by atoms with van der Waals surface area (Å²) in [6, 6.07) is 7.28. The molecule has 0 bridgehead atoms. The van der Waals surface area contributed by atoms with Gasteiger partial charge in [-0.05, 0) is 26.0 Å². The molecule has 2 rings (SSSR count). The first-order valence-corrected chi connectivity index (χ1v) is 7.35. The SMILES string of the molecule is C[C@@H]1CN(C[C@H](O)COc2ccccc2Cl)C[C@@H](C)O1. The second kappa shape index (κ2) is 7.27. The molecule has 5 heteroatoms. The number of rotatable bonds is 5. The van der Waals surface area contributed by atoms with Gasteiger partial charge in [-0.2, -0.15) is 0 Å². The van der Waals surface area contributed by atoms with E-state index < -0.39 is 6.10 Å². The summed E-state index contributed by atoms with van der Waals surface area (Å²) in [5, 5.41) is 10.6. The maximum absolute atomic E-state index is 10.1. The predicted molar refractivity (Wildman–Crippen MR) is 79.4 cm³/mol. The molecule has 1 fully saturated rings. The van der Waals surface area contributed by atoms with Crippen molar-refractivity contribution in [2.45, 2.75) is 32.2 Å². The molecular formula is C15H22ClNO3. The van der Waals surface area contributed by atoms with Crippen molar-refractivity contribution in [3.05, 3.63) is 29.3 Å². The van der Waals surface area contributed by atoms with Gasteiger partial charge in [0.1, 0.15) is 18.5 Å².